The number of quaternary nitrogens is 1. The molecule has 1 aliphatic heterocycles. The number of hydrogen-bond donors (Lipinski definition) is 2. The Kier molecular flexibility index (Phi) is 7.58. The van der Waals surface area contributed by atoms with E-state index in [1.54, 1.807) is 18.2 Å². The molecule has 0 bridgehead atoms. The van der Waals surface area contributed by atoms with Gasteiger partial charge >= 0.3 is 0 Å². The number of aliphatic imine (C=N–C) groups is 1. The summed E-state index contributed by atoms with van der Waals surface area (Å²) in [4.78, 5) is 7.24. The maximum atomic E-state index is 13.3. The Hall–Kier alpha value is -3.18. The summed E-state index contributed by atoms with van der Waals surface area (Å²) in [6.45, 7) is 11.9. The number of benzene rings is 1. The van der Waals surface area contributed by atoms with Crippen molar-refractivity contribution in [2.24, 2.45) is 4.99 Å². The van der Waals surface area contributed by atoms with Gasteiger partial charge in [-0.25, -0.2) is 13.6 Å². The molecule has 0 amide bonds. The third-order valence-corrected chi connectivity index (χ3v) is 4.82. The van der Waals surface area contributed by atoms with Gasteiger partial charge < -0.3 is 15.0 Å². The molecule has 1 aromatic heterocycles. The number of rotatable bonds is 4. The highest BCUT2D eigenvalue weighted by Crippen LogP contribution is 2.40. The molecule has 0 saturated heterocycles. The van der Waals surface area contributed by atoms with E-state index in [4.69, 9.17) is 11.7 Å². The van der Waals surface area contributed by atoms with Gasteiger partial charge in [-0.3, -0.25) is 16.0 Å². The van der Waals surface area contributed by atoms with Crippen molar-refractivity contribution in [3.05, 3.63) is 63.3 Å². The first kappa shape index (κ1) is 24.1. The molecular weight excluding hydrogens is 402 g/mol. The van der Waals surface area contributed by atoms with Crippen molar-refractivity contribution in [1.82, 2.24) is 10.2 Å². The van der Waals surface area contributed by atoms with Gasteiger partial charge in [-0.15, -0.1) is 0 Å². The van der Waals surface area contributed by atoms with Gasteiger partial charge in [0.05, 0.1) is 45.8 Å². The van der Waals surface area contributed by atoms with Crippen LogP contribution in [0.4, 0.5) is 8.78 Å². The number of allylic oxidation sites excluding steroid dienone is 2. The van der Waals surface area contributed by atoms with Crippen LogP contribution in [0.5, 0.6) is 0 Å². The lowest BCUT2D eigenvalue weighted by Crippen LogP contribution is -2.36. The number of aromatic amines is 1. The molecule has 31 heavy (non-hydrogen) atoms. The van der Waals surface area contributed by atoms with Gasteiger partial charge in [0.2, 0.25) is 0 Å². The number of aromatic nitrogens is 2. The van der Waals surface area contributed by atoms with E-state index in [9.17, 15) is 14.2 Å². The first-order valence-corrected chi connectivity index (χ1v) is 9.62. The van der Waals surface area contributed by atoms with Gasteiger partial charge in [0, 0.05) is 16.8 Å². The Morgan fingerprint density at radius 3 is 2.48 bits per heavy atom. The fourth-order valence-corrected chi connectivity index (χ4v) is 3.19. The summed E-state index contributed by atoms with van der Waals surface area (Å²) in [6, 6.07) is 5.23. The van der Waals surface area contributed by atoms with Gasteiger partial charge in [-0.2, -0.15) is 5.10 Å². The van der Waals surface area contributed by atoms with Crippen LogP contribution in [0.3, 0.4) is 0 Å². The van der Waals surface area contributed by atoms with Crippen LogP contribution in [-0.2, 0) is 0 Å². The fraction of sp³-hybridized carbons (Fsp3) is 0.409. The summed E-state index contributed by atoms with van der Waals surface area (Å²) >= 11 is 0. The van der Waals surface area contributed by atoms with Crippen LogP contribution in [0.1, 0.15) is 24.1 Å². The van der Waals surface area contributed by atoms with Gasteiger partial charge in [0.25, 0.3) is 6.43 Å². The van der Waals surface area contributed by atoms with Crippen LogP contribution < -0.4 is 0 Å². The number of nitrogens with zero attached hydrogens (tertiary/aromatic N) is 5. The van der Waals surface area contributed by atoms with Crippen LogP contribution >= 0.6 is 0 Å². The number of likely N-dealkylation sites (N-methyl/N-ethyl adjacent to an activating group) is 1. The quantitative estimate of drug-likeness (QED) is 0.442. The van der Waals surface area contributed by atoms with Crippen LogP contribution in [-0.4, -0.2) is 72.1 Å². The van der Waals surface area contributed by atoms with E-state index in [1.165, 1.54) is 6.92 Å². The first-order chi connectivity index (χ1) is 14.5. The molecule has 0 saturated carbocycles. The van der Waals surface area contributed by atoms with Crippen molar-refractivity contribution in [3.8, 4) is 0 Å². The Morgan fingerprint density at radius 1 is 1.32 bits per heavy atom. The summed E-state index contributed by atoms with van der Waals surface area (Å²) in [6.07, 6.45) is -2.87. The Bertz CT molecular complexity index is 1110. The van der Waals surface area contributed by atoms with Gasteiger partial charge in [-0.05, 0) is 37.1 Å². The summed E-state index contributed by atoms with van der Waals surface area (Å²) in [7, 11) is 6.16. The lowest BCUT2D eigenvalue weighted by molar-refractivity contribution is -0.870. The molecule has 9 heteroatoms. The zero-order chi connectivity index (χ0) is 23.3. The molecule has 2 N–H and O–H groups in total. The number of alkyl halides is 2. The smallest absolute Gasteiger partial charge is 0.281 e. The Labute approximate surface area is 180 Å². The lowest BCUT2D eigenvalue weighted by atomic mass is 9.83. The summed E-state index contributed by atoms with van der Waals surface area (Å²) in [5, 5.41) is 25.6. The Balaban J connectivity index is 0.000000423. The minimum absolute atomic E-state index is 0.179. The molecule has 2 heterocycles. The second-order valence-electron chi connectivity index (χ2n) is 8.20. The SMILES string of the molecule is C[N+](C)(C)CCO.[C-]#[N+]C1=C(C)N=C(C(F)F)C(=C=[N-])C1c1ccc2n[nH]c(C)c2c1. The number of hydrogen-bond acceptors (Lipinski definition) is 3. The first-order valence-electron chi connectivity index (χ1n) is 9.62. The molecule has 2 aromatic rings. The molecule has 1 unspecified atom stereocenters. The van der Waals surface area contributed by atoms with E-state index in [1.807, 2.05) is 12.8 Å². The second kappa shape index (κ2) is 9.75. The van der Waals surface area contributed by atoms with Crippen LogP contribution in [0.2, 0.25) is 0 Å². The predicted octanol–water partition coefficient (Wildman–Crippen LogP) is 3.68. The molecule has 1 aliphatic rings. The van der Waals surface area contributed by atoms with E-state index in [-0.39, 0.29) is 23.6 Å². The zero-order valence-corrected chi connectivity index (χ0v) is 18.2. The number of fused-ring (bicyclic) bond motifs is 1. The molecule has 0 spiro atoms. The largest absolute Gasteiger partial charge is 0.763 e. The maximum absolute atomic E-state index is 13.3. The highest BCUT2D eigenvalue weighted by molar-refractivity contribution is 6.12. The molecule has 7 nitrogen and oxygen atoms in total. The van der Waals surface area contributed by atoms with Crippen molar-refractivity contribution in [2.45, 2.75) is 26.2 Å². The third-order valence-electron chi connectivity index (χ3n) is 4.82. The van der Waals surface area contributed by atoms with Crippen molar-refractivity contribution in [1.29, 1.82) is 0 Å². The average molecular weight is 428 g/mol. The van der Waals surface area contributed by atoms with Gasteiger partial charge in [0.1, 0.15) is 12.3 Å². The number of aliphatic hydroxyl groups excluding tert-OH is 1. The monoisotopic (exact) mass is 428 g/mol. The highest BCUT2D eigenvalue weighted by atomic mass is 19.3. The van der Waals surface area contributed by atoms with E-state index in [0.29, 0.717) is 5.56 Å². The average Bonchev–Trinajstić information content (AvgIpc) is 3.06. The third kappa shape index (κ3) is 5.50. The number of H-pyrrole nitrogens is 1. The van der Waals surface area contributed by atoms with Crippen LogP contribution in [0.15, 0.2) is 40.2 Å². The van der Waals surface area contributed by atoms with Crippen LogP contribution in [0.25, 0.3) is 21.2 Å². The highest BCUT2D eigenvalue weighted by Gasteiger charge is 2.34. The van der Waals surface area contributed by atoms with Gasteiger partial charge in [0.15, 0.2) is 5.70 Å². The van der Waals surface area contributed by atoms with Crippen molar-refractivity contribution < 1.29 is 18.4 Å². The standard InChI is InChI=1S/C17H12F2N5.C5H14NO/c1-8-11-6-10(4-5-13(11)24-23-8)14-12(7-20)16(17(18)19)22-9(2)15(14)21-3;1-6(2,3)4-5-7/h4-6,14,17H,1-2H3,(H,23,24);7H,4-5H2,1-3H3/q-1;+1. The predicted molar refractivity (Wildman–Crippen MR) is 118 cm³/mol. The number of nitrogens with one attached hydrogen (secondary N) is 1. The van der Waals surface area contributed by atoms with Crippen molar-refractivity contribution in [3.63, 3.8) is 0 Å². The summed E-state index contributed by atoms with van der Waals surface area (Å²) in [5.41, 5.74) is 1.83. The van der Waals surface area contributed by atoms with E-state index in [0.717, 1.165) is 27.6 Å². The minimum atomic E-state index is -2.87. The number of aliphatic hydroxyl groups is 1. The zero-order valence-electron chi connectivity index (χ0n) is 18.2. The van der Waals surface area contributed by atoms with Crippen molar-refractivity contribution in [2.75, 3.05) is 34.3 Å². The summed E-state index contributed by atoms with van der Waals surface area (Å²) in [5.74, 6) is 0.990. The molecule has 3 rings (SSSR count). The molecule has 0 radical (unpaired) electrons. The van der Waals surface area contributed by atoms with E-state index < -0.39 is 18.1 Å². The number of halogens is 2. The molecule has 1 atom stereocenters. The normalized spacial score (nSPS) is 16.6. The van der Waals surface area contributed by atoms with E-state index >= 15 is 0 Å². The van der Waals surface area contributed by atoms with Crippen LogP contribution in [0, 0.1) is 13.5 Å². The second-order valence-corrected chi connectivity index (χ2v) is 8.20. The molecule has 0 aliphatic carbocycles. The van der Waals surface area contributed by atoms with Gasteiger partial charge in [-0.1, -0.05) is 6.07 Å². The maximum Gasteiger partial charge on any atom is 0.281 e. The topological polar surface area (TPSA) is 87.9 Å². The minimum Gasteiger partial charge on any atom is -0.763 e. The van der Waals surface area contributed by atoms with Crippen molar-refractivity contribution >= 4 is 22.5 Å². The number of aryl methyl sites for hydroxylation is 1. The Morgan fingerprint density at radius 2 is 2.00 bits per heavy atom. The molecule has 164 valence electrons. The molecule has 1 aromatic carbocycles. The molecule has 0 fully saturated rings. The van der Waals surface area contributed by atoms with E-state index in [2.05, 4.69) is 41.2 Å². The lowest BCUT2D eigenvalue weighted by Gasteiger charge is -2.26. The molecular formula is C22H26F2N6O. The fourth-order valence-electron chi connectivity index (χ4n) is 3.19. The summed E-state index contributed by atoms with van der Waals surface area (Å²) < 4.78 is 27.4.